The van der Waals surface area contributed by atoms with Crippen LogP contribution in [0, 0.1) is 11.3 Å². The quantitative estimate of drug-likeness (QED) is 0.891. The van der Waals surface area contributed by atoms with Crippen molar-refractivity contribution < 1.29 is 9.53 Å². The van der Waals surface area contributed by atoms with E-state index in [0.29, 0.717) is 5.41 Å². The number of benzene rings is 1. The average Bonchev–Trinajstić information content (AvgIpc) is 3.35. The maximum Gasteiger partial charge on any atom is 0.223 e. The number of carbonyl (C=O) groups is 1. The van der Waals surface area contributed by atoms with Gasteiger partial charge in [-0.2, -0.15) is 0 Å². The number of rotatable bonds is 4. The van der Waals surface area contributed by atoms with Crippen LogP contribution in [0.2, 0.25) is 0 Å². The number of nitrogens with one attached hydrogen (secondary N) is 2. The molecular weight excluding hydrogens is 300 g/mol. The molecule has 130 valence electrons. The summed E-state index contributed by atoms with van der Waals surface area (Å²) >= 11 is 0. The van der Waals surface area contributed by atoms with Gasteiger partial charge in [-0.15, -0.1) is 0 Å². The predicted octanol–water partition coefficient (Wildman–Crippen LogP) is 2.24. The van der Waals surface area contributed by atoms with Crippen molar-refractivity contribution in [3.63, 3.8) is 0 Å². The van der Waals surface area contributed by atoms with Crippen molar-refractivity contribution in [2.24, 2.45) is 11.3 Å². The summed E-state index contributed by atoms with van der Waals surface area (Å²) in [6.45, 7) is 4.43. The first-order valence-corrected chi connectivity index (χ1v) is 9.36. The Bertz CT molecular complexity index is 575. The number of carbonyl (C=O) groups excluding carboxylic acids is 1. The van der Waals surface area contributed by atoms with Crippen molar-refractivity contribution in [1.29, 1.82) is 0 Å². The molecule has 2 aliphatic heterocycles. The van der Waals surface area contributed by atoms with Crippen LogP contribution in [-0.2, 0) is 14.9 Å². The molecule has 1 aliphatic carbocycles. The van der Waals surface area contributed by atoms with E-state index in [1.54, 1.807) is 0 Å². The van der Waals surface area contributed by atoms with Crippen LogP contribution in [0.5, 0.6) is 0 Å². The van der Waals surface area contributed by atoms with Crippen LogP contribution in [-0.4, -0.2) is 38.8 Å². The molecule has 1 atom stereocenters. The van der Waals surface area contributed by atoms with E-state index in [1.807, 2.05) is 0 Å². The zero-order chi connectivity index (χ0) is 16.5. The minimum absolute atomic E-state index is 0.0331. The monoisotopic (exact) mass is 328 g/mol. The number of hydrogen-bond donors (Lipinski definition) is 2. The lowest BCUT2D eigenvalue weighted by molar-refractivity contribution is -0.123. The van der Waals surface area contributed by atoms with Crippen LogP contribution in [0.4, 0.5) is 0 Å². The van der Waals surface area contributed by atoms with Crippen molar-refractivity contribution in [2.75, 3.05) is 32.8 Å². The molecule has 1 saturated carbocycles. The summed E-state index contributed by atoms with van der Waals surface area (Å²) in [4.78, 5) is 12.7. The molecule has 2 N–H and O–H groups in total. The van der Waals surface area contributed by atoms with Crippen LogP contribution in [0.1, 0.15) is 37.7 Å². The van der Waals surface area contributed by atoms with E-state index in [-0.39, 0.29) is 17.2 Å². The van der Waals surface area contributed by atoms with Crippen molar-refractivity contribution in [1.82, 2.24) is 10.6 Å². The summed E-state index contributed by atoms with van der Waals surface area (Å²) in [5.74, 6) is 0.519. The first-order valence-electron chi connectivity index (χ1n) is 9.36. The first-order chi connectivity index (χ1) is 11.7. The van der Waals surface area contributed by atoms with Gasteiger partial charge in [-0.3, -0.25) is 4.79 Å². The Morgan fingerprint density at radius 2 is 1.83 bits per heavy atom. The molecule has 1 aromatic rings. The largest absolute Gasteiger partial charge is 0.381 e. The minimum atomic E-state index is 0.0331. The van der Waals surface area contributed by atoms with Crippen LogP contribution < -0.4 is 10.6 Å². The SMILES string of the molecule is O=C(NCC1(c2ccccc2)CCOCC1)C1CC12CCNCC2. The van der Waals surface area contributed by atoms with E-state index >= 15 is 0 Å². The minimum Gasteiger partial charge on any atom is -0.381 e. The van der Waals surface area contributed by atoms with Gasteiger partial charge < -0.3 is 15.4 Å². The topological polar surface area (TPSA) is 50.4 Å². The van der Waals surface area contributed by atoms with Crippen molar-refractivity contribution >= 4 is 5.91 Å². The van der Waals surface area contributed by atoms with Gasteiger partial charge in [0.1, 0.15) is 0 Å². The fourth-order valence-corrected chi connectivity index (χ4v) is 4.70. The molecule has 2 saturated heterocycles. The Hall–Kier alpha value is -1.39. The molecule has 0 radical (unpaired) electrons. The molecule has 24 heavy (non-hydrogen) atoms. The van der Waals surface area contributed by atoms with E-state index in [4.69, 9.17) is 4.74 Å². The van der Waals surface area contributed by atoms with E-state index in [1.165, 1.54) is 5.56 Å². The molecule has 1 unspecified atom stereocenters. The summed E-state index contributed by atoms with van der Waals surface area (Å²) in [6.07, 6.45) is 5.36. The standard InChI is InChI=1S/C20H28N2O2/c23-18(17-14-19(17)6-10-21-11-7-19)22-15-20(8-12-24-13-9-20)16-4-2-1-3-5-16/h1-5,17,21H,6-15H2,(H,22,23). The lowest BCUT2D eigenvalue weighted by atomic mass is 9.74. The normalized spacial score (nSPS) is 27.6. The zero-order valence-electron chi connectivity index (χ0n) is 14.4. The summed E-state index contributed by atoms with van der Waals surface area (Å²) in [5.41, 5.74) is 1.68. The highest BCUT2D eigenvalue weighted by atomic mass is 16.5. The molecule has 1 amide bonds. The Balaban J connectivity index is 1.42. The third kappa shape index (κ3) is 2.98. The lowest BCUT2D eigenvalue weighted by Crippen LogP contribution is -2.45. The van der Waals surface area contributed by atoms with Gasteiger partial charge in [0.05, 0.1) is 0 Å². The molecule has 1 spiro atoms. The highest BCUT2D eigenvalue weighted by Gasteiger charge is 2.57. The number of piperidine rings is 1. The van der Waals surface area contributed by atoms with Crippen molar-refractivity contribution in [3.05, 3.63) is 35.9 Å². The number of ether oxygens (including phenoxy) is 1. The Labute approximate surface area is 144 Å². The van der Waals surface area contributed by atoms with Crippen molar-refractivity contribution in [3.8, 4) is 0 Å². The van der Waals surface area contributed by atoms with Gasteiger partial charge in [0.15, 0.2) is 0 Å². The zero-order valence-corrected chi connectivity index (χ0v) is 14.4. The van der Waals surface area contributed by atoms with Gasteiger partial charge in [-0.05, 0) is 56.2 Å². The number of amides is 1. The smallest absolute Gasteiger partial charge is 0.223 e. The summed E-state index contributed by atoms with van der Waals surface area (Å²) in [6, 6.07) is 10.6. The molecule has 4 heteroatoms. The third-order valence-corrected chi connectivity index (χ3v) is 6.54. The van der Waals surface area contributed by atoms with Gasteiger partial charge in [-0.25, -0.2) is 0 Å². The van der Waals surface area contributed by atoms with E-state index in [9.17, 15) is 4.79 Å². The first kappa shape index (κ1) is 16.1. The molecule has 4 rings (SSSR count). The molecular formula is C20H28N2O2. The summed E-state index contributed by atoms with van der Waals surface area (Å²) < 4.78 is 5.58. The maximum absolute atomic E-state index is 12.7. The van der Waals surface area contributed by atoms with Crippen molar-refractivity contribution in [2.45, 2.75) is 37.5 Å². The second-order valence-electron chi connectivity index (χ2n) is 7.85. The van der Waals surface area contributed by atoms with Gasteiger partial charge in [0.25, 0.3) is 0 Å². The highest BCUT2D eigenvalue weighted by Crippen LogP contribution is 2.58. The molecule has 1 aromatic carbocycles. The van der Waals surface area contributed by atoms with E-state index in [2.05, 4.69) is 41.0 Å². The summed E-state index contributed by atoms with van der Waals surface area (Å²) in [7, 11) is 0. The molecule has 3 fully saturated rings. The fraction of sp³-hybridized carbons (Fsp3) is 0.650. The molecule has 4 nitrogen and oxygen atoms in total. The molecule has 2 heterocycles. The average molecular weight is 328 g/mol. The maximum atomic E-state index is 12.7. The van der Waals surface area contributed by atoms with Crippen LogP contribution in [0.15, 0.2) is 30.3 Å². The molecule has 3 aliphatic rings. The molecule has 0 bridgehead atoms. The number of hydrogen-bond acceptors (Lipinski definition) is 3. The van der Waals surface area contributed by atoms with Gasteiger partial charge >= 0.3 is 0 Å². The fourth-order valence-electron chi connectivity index (χ4n) is 4.70. The van der Waals surface area contributed by atoms with E-state index in [0.717, 1.165) is 65.0 Å². The lowest BCUT2D eigenvalue weighted by Gasteiger charge is -2.38. The van der Waals surface area contributed by atoms with Gasteiger partial charge in [0, 0.05) is 31.1 Å². The predicted molar refractivity (Wildman–Crippen MR) is 93.8 cm³/mol. The summed E-state index contributed by atoms with van der Waals surface area (Å²) in [5, 5.41) is 6.72. The van der Waals surface area contributed by atoms with Crippen LogP contribution in [0.25, 0.3) is 0 Å². The highest BCUT2D eigenvalue weighted by molar-refractivity contribution is 5.82. The Kier molecular flexibility index (Phi) is 4.35. The Morgan fingerprint density at radius 3 is 2.54 bits per heavy atom. The van der Waals surface area contributed by atoms with Gasteiger partial charge in [-0.1, -0.05) is 30.3 Å². The van der Waals surface area contributed by atoms with Crippen LogP contribution >= 0.6 is 0 Å². The second-order valence-corrected chi connectivity index (χ2v) is 7.85. The van der Waals surface area contributed by atoms with E-state index < -0.39 is 0 Å². The third-order valence-electron chi connectivity index (χ3n) is 6.54. The second kappa shape index (κ2) is 6.49. The Morgan fingerprint density at radius 1 is 1.12 bits per heavy atom. The van der Waals surface area contributed by atoms with Gasteiger partial charge in [0.2, 0.25) is 5.91 Å². The molecule has 0 aromatic heterocycles. The van der Waals surface area contributed by atoms with Crippen LogP contribution in [0.3, 0.4) is 0 Å².